The van der Waals surface area contributed by atoms with Crippen molar-refractivity contribution in [1.29, 1.82) is 0 Å². The van der Waals surface area contributed by atoms with Gasteiger partial charge in [-0.05, 0) is 32.9 Å². The van der Waals surface area contributed by atoms with Crippen LogP contribution in [0.3, 0.4) is 0 Å². The van der Waals surface area contributed by atoms with E-state index in [1.165, 1.54) is 7.11 Å². The highest BCUT2D eigenvalue weighted by atomic mass is 16.5. The van der Waals surface area contributed by atoms with Crippen LogP contribution in [0, 0.1) is 0 Å². The number of carbonyl (C=O) groups excluding carboxylic acids is 1. The van der Waals surface area contributed by atoms with Crippen molar-refractivity contribution in [1.82, 2.24) is 5.32 Å². The van der Waals surface area contributed by atoms with E-state index in [-0.39, 0.29) is 5.91 Å². The molecule has 0 aliphatic carbocycles. The molecule has 1 aromatic carbocycles. The van der Waals surface area contributed by atoms with E-state index in [2.05, 4.69) is 5.32 Å². The molecule has 0 fully saturated rings. The minimum Gasteiger partial charge on any atom is -0.496 e. The Kier molecular flexibility index (Phi) is 4.19. The standard InChI is InChI=1S/C13H20N2O3/c1-8(16)13(2,3)15-12(17)10-6-5-9(14)7-11(10)18-4/h5-8,16H,14H2,1-4H3,(H,15,17). The number of rotatable bonds is 4. The first-order valence-electron chi connectivity index (χ1n) is 5.72. The second kappa shape index (κ2) is 5.27. The third-order valence-electron chi connectivity index (χ3n) is 2.95. The summed E-state index contributed by atoms with van der Waals surface area (Å²) in [7, 11) is 1.48. The van der Waals surface area contributed by atoms with Gasteiger partial charge in [-0.15, -0.1) is 0 Å². The molecule has 1 rings (SSSR count). The molecular weight excluding hydrogens is 232 g/mol. The molecule has 0 spiro atoms. The molecule has 1 aromatic rings. The lowest BCUT2D eigenvalue weighted by Gasteiger charge is -2.29. The molecule has 1 unspecified atom stereocenters. The Morgan fingerprint density at radius 2 is 2.11 bits per heavy atom. The van der Waals surface area contributed by atoms with Gasteiger partial charge in [0.2, 0.25) is 0 Å². The number of nitrogens with one attached hydrogen (secondary N) is 1. The van der Waals surface area contributed by atoms with Crippen LogP contribution in [-0.2, 0) is 0 Å². The molecule has 1 atom stereocenters. The molecule has 5 nitrogen and oxygen atoms in total. The topological polar surface area (TPSA) is 84.6 Å². The zero-order chi connectivity index (χ0) is 13.9. The van der Waals surface area contributed by atoms with Crippen molar-refractivity contribution >= 4 is 11.6 Å². The van der Waals surface area contributed by atoms with Crippen LogP contribution < -0.4 is 15.8 Å². The zero-order valence-corrected chi connectivity index (χ0v) is 11.2. The molecule has 100 valence electrons. The molecule has 5 heteroatoms. The van der Waals surface area contributed by atoms with Gasteiger partial charge in [0.05, 0.1) is 24.3 Å². The van der Waals surface area contributed by atoms with Crippen LogP contribution in [0.25, 0.3) is 0 Å². The van der Waals surface area contributed by atoms with Gasteiger partial charge in [-0.2, -0.15) is 0 Å². The van der Waals surface area contributed by atoms with E-state index in [1.54, 1.807) is 39.0 Å². The zero-order valence-electron chi connectivity index (χ0n) is 11.2. The number of nitrogen functional groups attached to an aromatic ring is 1. The molecule has 0 aliphatic heterocycles. The lowest BCUT2D eigenvalue weighted by molar-refractivity contribution is 0.0707. The average molecular weight is 252 g/mol. The van der Waals surface area contributed by atoms with Gasteiger partial charge < -0.3 is 20.9 Å². The van der Waals surface area contributed by atoms with Crippen molar-refractivity contribution in [3.63, 3.8) is 0 Å². The van der Waals surface area contributed by atoms with Crippen LogP contribution in [0.2, 0.25) is 0 Å². The third-order valence-corrected chi connectivity index (χ3v) is 2.95. The summed E-state index contributed by atoms with van der Waals surface area (Å²) in [4.78, 5) is 12.1. The predicted octanol–water partition coefficient (Wildman–Crippen LogP) is 1.17. The maximum Gasteiger partial charge on any atom is 0.255 e. The van der Waals surface area contributed by atoms with E-state index in [4.69, 9.17) is 10.5 Å². The highest BCUT2D eigenvalue weighted by molar-refractivity contribution is 5.97. The molecule has 0 aliphatic rings. The number of aliphatic hydroxyl groups excluding tert-OH is 1. The second-order valence-electron chi connectivity index (χ2n) is 4.81. The van der Waals surface area contributed by atoms with Crippen molar-refractivity contribution in [3.8, 4) is 5.75 Å². The Bertz CT molecular complexity index is 442. The first-order valence-corrected chi connectivity index (χ1v) is 5.72. The Balaban J connectivity index is 2.98. The summed E-state index contributed by atoms with van der Waals surface area (Å²) in [6.07, 6.45) is -0.666. The van der Waals surface area contributed by atoms with E-state index in [0.717, 1.165) is 0 Å². The Morgan fingerprint density at radius 1 is 1.50 bits per heavy atom. The fourth-order valence-corrected chi connectivity index (χ4v) is 1.36. The molecule has 0 saturated heterocycles. The number of carbonyl (C=O) groups is 1. The predicted molar refractivity (Wildman–Crippen MR) is 70.6 cm³/mol. The third kappa shape index (κ3) is 3.13. The van der Waals surface area contributed by atoms with Gasteiger partial charge in [0.25, 0.3) is 5.91 Å². The van der Waals surface area contributed by atoms with Gasteiger partial charge in [-0.3, -0.25) is 4.79 Å². The van der Waals surface area contributed by atoms with E-state index in [9.17, 15) is 9.90 Å². The van der Waals surface area contributed by atoms with Gasteiger partial charge in [-0.25, -0.2) is 0 Å². The van der Waals surface area contributed by atoms with Crippen LogP contribution in [0.4, 0.5) is 5.69 Å². The molecule has 0 bridgehead atoms. The van der Waals surface area contributed by atoms with Gasteiger partial charge in [0.15, 0.2) is 0 Å². The maximum atomic E-state index is 12.1. The van der Waals surface area contributed by atoms with E-state index in [1.807, 2.05) is 0 Å². The average Bonchev–Trinajstić information content (AvgIpc) is 2.27. The number of benzene rings is 1. The molecule has 0 aromatic heterocycles. The van der Waals surface area contributed by atoms with E-state index < -0.39 is 11.6 Å². The first-order chi connectivity index (χ1) is 8.27. The van der Waals surface area contributed by atoms with Crippen molar-refractivity contribution in [3.05, 3.63) is 23.8 Å². The lowest BCUT2D eigenvalue weighted by Crippen LogP contribution is -2.51. The quantitative estimate of drug-likeness (QED) is 0.702. The van der Waals surface area contributed by atoms with Crippen molar-refractivity contribution in [2.75, 3.05) is 12.8 Å². The summed E-state index contributed by atoms with van der Waals surface area (Å²) in [5.74, 6) is 0.103. The highest BCUT2D eigenvalue weighted by Gasteiger charge is 2.27. The molecule has 18 heavy (non-hydrogen) atoms. The highest BCUT2D eigenvalue weighted by Crippen LogP contribution is 2.22. The number of amides is 1. The largest absolute Gasteiger partial charge is 0.496 e. The van der Waals surface area contributed by atoms with Gasteiger partial charge in [0.1, 0.15) is 5.75 Å². The number of aliphatic hydroxyl groups is 1. The molecule has 0 heterocycles. The van der Waals surface area contributed by atoms with Crippen LogP contribution >= 0.6 is 0 Å². The van der Waals surface area contributed by atoms with Crippen LogP contribution in [0.1, 0.15) is 31.1 Å². The Labute approximate surface area is 107 Å². The Hall–Kier alpha value is -1.75. The van der Waals surface area contributed by atoms with E-state index >= 15 is 0 Å². The SMILES string of the molecule is COc1cc(N)ccc1C(=O)NC(C)(C)C(C)O. The summed E-state index contributed by atoms with van der Waals surface area (Å²) in [6, 6.07) is 4.82. The summed E-state index contributed by atoms with van der Waals surface area (Å²) in [5.41, 5.74) is 5.82. The maximum absolute atomic E-state index is 12.1. The van der Waals surface area contributed by atoms with Crippen molar-refractivity contribution in [2.24, 2.45) is 0 Å². The monoisotopic (exact) mass is 252 g/mol. The molecular formula is C13H20N2O3. The number of ether oxygens (including phenoxy) is 1. The fourth-order valence-electron chi connectivity index (χ4n) is 1.36. The number of methoxy groups -OCH3 is 1. The van der Waals surface area contributed by atoms with E-state index in [0.29, 0.717) is 17.0 Å². The summed E-state index contributed by atoms with van der Waals surface area (Å²) >= 11 is 0. The minimum atomic E-state index is -0.719. The second-order valence-corrected chi connectivity index (χ2v) is 4.81. The van der Waals surface area contributed by atoms with Crippen LogP contribution in [0.5, 0.6) is 5.75 Å². The van der Waals surface area contributed by atoms with Gasteiger partial charge in [0, 0.05) is 11.8 Å². The fraction of sp³-hybridized carbons (Fsp3) is 0.462. The van der Waals surface area contributed by atoms with Crippen molar-refractivity contribution < 1.29 is 14.6 Å². The first kappa shape index (κ1) is 14.3. The molecule has 4 N–H and O–H groups in total. The normalized spacial score (nSPS) is 12.9. The lowest BCUT2D eigenvalue weighted by atomic mass is 9.98. The molecule has 1 amide bonds. The van der Waals surface area contributed by atoms with Crippen LogP contribution in [0.15, 0.2) is 18.2 Å². The summed E-state index contributed by atoms with van der Waals surface area (Å²) in [6.45, 7) is 5.12. The molecule has 0 saturated carbocycles. The number of nitrogens with two attached hydrogens (primary N) is 1. The van der Waals surface area contributed by atoms with Gasteiger partial charge >= 0.3 is 0 Å². The number of anilines is 1. The summed E-state index contributed by atoms with van der Waals surface area (Å²) < 4.78 is 5.12. The van der Waals surface area contributed by atoms with Gasteiger partial charge in [-0.1, -0.05) is 0 Å². The number of hydrogen-bond donors (Lipinski definition) is 3. The minimum absolute atomic E-state index is 0.308. The molecule has 0 radical (unpaired) electrons. The van der Waals surface area contributed by atoms with Crippen LogP contribution in [-0.4, -0.2) is 29.8 Å². The number of hydrogen-bond acceptors (Lipinski definition) is 4. The summed E-state index contributed by atoms with van der Waals surface area (Å²) in [5, 5.41) is 12.3. The van der Waals surface area contributed by atoms with Crippen molar-refractivity contribution in [2.45, 2.75) is 32.4 Å². The smallest absolute Gasteiger partial charge is 0.255 e. The Morgan fingerprint density at radius 3 is 2.61 bits per heavy atom.